The Bertz CT molecular complexity index is 580. The summed E-state index contributed by atoms with van der Waals surface area (Å²) < 4.78 is 0. The number of nitrogens with one attached hydrogen (secondary N) is 2. The Labute approximate surface area is 169 Å². The molecule has 28 heavy (non-hydrogen) atoms. The predicted octanol–water partition coefficient (Wildman–Crippen LogP) is 5.09. The molecule has 0 atom stereocenters. The Hall–Kier alpha value is -1.84. The van der Waals surface area contributed by atoms with Crippen LogP contribution in [0, 0.1) is 11.8 Å². The molecule has 2 saturated carbocycles. The third-order valence-corrected chi connectivity index (χ3v) is 6.51. The number of rotatable bonds is 8. The lowest BCUT2D eigenvalue weighted by Gasteiger charge is -2.21. The van der Waals surface area contributed by atoms with E-state index in [1.54, 1.807) is 24.3 Å². The van der Waals surface area contributed by atoms with Gasteiger partial charge in [0.25, 0.3) is 11.8 Å². The molecular formula is C24H36N2O2. The first-order chi connectivity index (χ1) is 13.7. The number of carbonyl (C=O) groups excluding carboxylic acids is 2. The first-order valence-electron chi connectivity index (χ1n) is 11.4. The second kappa shape index (κ2) is 11.2. The van der Waals surface area contributed by atoms with Crippen LogP contribution in [-0.4, -0.2) is 24.9 Å². The molecule has 2 aliphatic carbocycles. The number of hydrogen-bond acceptors (Lipinski definition) is 2. The van der Waals surface area contributed by atoms with Crippen molar-refractivity contribution in [1.82, 2.24) is 10.6 Å². The topological polar surface area (TPSA) is 58.2 Å². The molecule has 2 aliphatic rings. The Kier molecular flexibility index (Phi) is 8.38. The highest BCUT2D eigenvalue weighted by Gasteiger charge is 2.16. The number of hydrogen-bond donors (Lipinski definition) is 2. The van der Waals surface area contributed by atoms with Crippen molar-refractivity contribution in [2.45, 2.75) is 77.0 Å². The molecule has 0 aromatic heterocycles. The van der Waals surface area contributed by atoms with Crippen LogP contribution in [0.3, 0.4) is 0 Å². The van der Waals surface area contributed by atoms with Crippen LogP contribution < -0.4 is 10.6 Å². The minimum absolute atomic E-state index is 0.0762. The van der Waals surface area contributed by atoms with E-state index in [1.807, 2.05) is 0 Å². The number of carbonyl (C=O) groups is 2. The summed E-state index contributed by atoms with van der Waals surface area (Å²) in [7, 11) is 0. The van der Waals surface area contributed by atoms with Gasteiger partial charge in [0.2, 0.25) is 0 Å². The van der Waals surface area contributed by atoms with Gasteiger partial charge in [-0.2, -0.15) is 0 Å². The maximum absolute atomic E-state index is 12.4. The third-order valence-electron chi connectivity index (χ3n) is 6.51. The van der Waals surface area contributed by atoms with Gasteiger partial charge in [0, 0.05) is 24.2 Å². The van der Waals surface area contributed by atoms with E-state index in [4.69, 9.17) is 0 Å². The predicted molar refractivity (Wildman–Crippen MR) is 113 cm³/mol. The lowest BCUT2D eigenvalue weighted by molar-refractivity contribution is 0.0949. The molecule has 0 bridgehead atoms. The van der Waals surface area contributed by atoms with Gasteiger partial charge in [0.05, 0.1) is 0 Å². The first kappa shape index (κ1) is 20.9. The lowest BCUT2D eigenvalue weighted by Crippen LogP contribution is -2.28. The van der Waals surface area contributed by atoms with Gasteiger partial charge in [-0.15, -0.1) is 0 Å². The molecule has 0 aliphatic heterocycles. The quantitative estimate of drug-likeness (QED) is 0.656. The van der Waals surface area contributed by atoms with Crippen LogP contribution in [0.1, 0.15) is 97.8 Å². The fourth-order valence-corrected chi connectivity index (χ4v) is 4.74. The van der Waals surface area contributed by atoms with E-state index in [9.17, 15) is 9.59 Å². The summed E-state index contributed by atoms with van der Waals surface area (Å²) in [6, 6.07) is 7.08. The molecule has 2 N–H and O–H groups in total. The third kappa shape index (κ3) is 6.65. The van der Waals surface area contributed by atoms with Crippen LogP contribution in [0.4, 0.5) is 0 Å². The van der Waals surface area contributed by atoms with Gasteiger partial charge in [-0.05, 0) is 42.9 Å². The molecule has 4 nitrogen and oxygen atoms in total. The fourth-order valence-electron chi connectivity index (χ4n) is 4.74. The summed E-state index contributed by atoms with van der Waals surface area (Å²) in [5.74, 6) is 1.37. The molecule has 0 unspecified atom stereocenters. The molecular weight excluding hydrogens is 348 g/mol. The van der Waals surface area contributed by atoms with Gasteiger partial charge >= 0.3 is 0 Å². The molecule has 2 fully saturated rings. The minimum atomic E-state index is -0.0762. The van der Waals surface area contributed by atoms with Crippen LogP contribution in [0.5, 0.6) is 0 Å². The highest BCUT2D eigenvalue weighted by Crippen LogP contribution is 2.26. The van der Waals surface area contributed by atoms with Crippen LogP contribution >= 0.6 is 0 Å². The molecule has 4 heteroatoms. The molecule has 1 aromatic rings. The molecule has 3 rings (SSSR count). The van der Waals surface area contributed by atoms with Gasteiger partial charge in [0.15, 0.2) is 0 Å². The lowest BCUT2D eigenvalue weighted by atomic mass is 9.87. The van der Waals surface area contributed by atoms with Crippen molar-refractivity contribution < 1.29 is 9.59 Å². The second-order valence-corrected chi connectivity index (χ2v) is 8.68. The molecule has 0 saturated heterocycles. The van der Waals surface area contributed by atoms with Gasteiger partial charge in [-0.1, -0.05) is 70.3 Å². The average molecular weight is 385 g/mol. The summed E-state index contributed by atoms with van der Waals surface area (Å²) >= 11 is 0. The summed E-state index contributed by atoms with van der Waals surface area (Å²) in [6.07, 6.45) is 15.4. The van der Waals surface area contributed by atoms with Gasteiger partial charge in [-0.25, -0.2) is 0 Å². The SMILES string of the molecule is O=C(NCCC1CCCCC1)c1cccc(C(=O)NCCC2CCCCC2)c1. The summed E-state index contributed by atoms with van der Waals surface area (Å²) in [5, 5.41) is 6.06. The number of benzene rings is 1. The zero-order valence-electron chi connectivity index (χ0n) is 17.2. The van der Waals surface area contributed by atoms with Crippen molar-refractivity contribution in [1.29, 1.82) is 0 Å². The van der Waals surface area contributed by atoms with Crippen molar-refractivity contribution in [2.75, 3.05) is 13.1 Å². The van der Waals surface area contributed by atoms with Crippen LogP contribution in [0.15, 0.2) is 24.3 Å². The van der Waals surface area contributed by atoms with Crippen LogP contribution in [0.25, 0.3) is 0 Å². The van der Waals surface area contributed by atoms with E-state index in [-0.39, 0.29) is 11.8 Å². The normalized spacial score (nSPS) is 18.6. The van der Waals surface area contributed by atoms with Gasteiger partial charge in [0.1, 0.15) is 0 Å². The van der Waals surface area contributed by atoms with E-state index < -0.39 is 0 Å². The number of amides is 2. The highest BCUT2D eigenvalue weighted by atomic mass is 16.2. The minimum Gasteiger partial charge on any atom is -0.352 e. The summed E-state index contributed by atoms with van der Waals surface area (Å²) in [5.41, 5.74) is 1.15. The van der Waals surface area contributed by atoms with Crippen molar-refractivity contribution in [3.05, 3.63) is 35.4 Å². The highest BCUT2D eigenvalue weighted by molar-refractivity contribution is 5.99. The second-order valence-electron chi connectivity index (χ2n) is 8.68. The van der Waals surface area contributed by atoms with E-state index >= 15 is 0 Å². The van der Waals surface area contributed by atoms with E-state index in [2.05, 4.69) is 10.6 Å². The summed E-state index contributed by atoms with van der Waals surface area (Å²) in [4.78, 5) is 24.9. The maximum atomic E-state index is 12.4. The van der Waals surface area contributed by atoms with Gasteiger partial charge in [-0.3, -0.25) is 9.59 Å². The van der Waals surface area contributed by atoms with Crippen LogP contribution in [-0.2, 0) is 0 Å². The standard InChI is InChI=1S/C24H36N2O2/c27-23(25-16-14-19-8-3-1-4-9-19)21-12-7-13-22(18-21)24(28)26-17-15-20-10-5-2-6-11-20/h7,12-13,18-20H,1-6,8-11,14-17H2,(H,25,27)(H,26,28). The maximum Gasteiger partial charge on any atom is 0.251 e. The Morgan fingerprint density at radius 3 is 1.57 bits per heavy atom. The molecule has 0 heterocycles. The first-order valence-corrected chi connectivity index (χ1v) is 11.4. The Morgan fingerprint density at radius 2 is 1.14 bits per heavy atom. The fraction of sp³-hybridized carbons (Fsp3) is 0.667. The molecule has 0 radical (unpaired) electrons. The Balaban J connectivity index is 1.41. The monoisotopic (exact) mass is 384 g/mol. The average Bonchev–Trinajstić information content (AvgIpc) is 2.75. The molecule has 2 amide bonds. The van der Waals surface area contributed by atoms with Crippen molar-refractivity contribution in [3.63, 3.8) is 0 Å². The van der Waals surface area contributed by atoms with Gasteiger partial charge < -0.3 is 10.6 Å². The van der Waals surface area contributed by atoms with Crippen molar-refractivity contribution in [3.8, 4) is 0 Å². The molecule has 1 aromatic carbocycles. The van der Waals surface area contributed by atoms with E-state index in [1.165, 1.54) is 64.2 Å². The molecule has 0 spiro atoms. The zero-order valence-corrected chi connectivity index (χ0v) is 17.2. The van der Waals surface area contributed by atoms with Crippen molar-refractivity contribution >= 4 is 11.8 Å². The Morgan fingerprint density at radius 1 is 0.714 bits per heavy atom. The van der Waals surface area contributed by atoms with E-state index in [0.717, 1.165) is 37.8 Å². The van der Waals surface area contributed by atoms with E-state index in [0.29, 0.717) is 11.1 Å². The zero-order chi connectivity index (χ0) is 19.6. The van der Waals surface area contributed by atoms with Crippen molar-refractivity contribution in [2.24, 2.45) is 11.8 Å². The summed E-state index contributed by atoms with van der Waals surface area (Å²) in [6.45, 7) is 1.45. The largest absolute Gasteiger partial charge is 0.352 e. The van der Waals surface area contributed by atoms with Crippen LogP contribution in [0.2, 0.25) is 0 Å². The molecule has 154 valence electrons. The smallest absolute Gasteiger partial charge is 0.251 e.